The van der Waals surface area contributed by atoms with E-state index in [-0.39, 0.29) is 5.15 Å². The number of hydrogen-bond donors (Lipinski definition) is 0. The average molecular weight is 319 g/mol. The summed E-state index contributed by atoms with van der Waals surface area (Å²) in [6.07, 6.45) is 0. The number of aromatic nitrogens is 1. The summed E-state index contributed by atoms with van der Waals surface area (Å²) < 4.78 is 0.796. The van der Waals surface area contributed by atoms with Crippen molar-refractivity contribution in [2.45, 2.75) is 6.92 Å². The summed E-state index contributed by atoms with van der Waals surface area (Å²) in [6, 6.07) is 5.25. The Labute approximate surface area is 111 Å². The van der Waals surface area contributed by atoms with Gasteiger partial charge < -0.3 is 0 Å². The van der Waals surface area contributed by atoms with Gasteiger partial charge >= 0.3 is 0 Å². The van der Waals surface area contributed by atoms with E-state index in [9.17, 15) is 4.79 Å². The molecule has 0 unspecified atom stereocenters. The lowest BCUT2D eigenvalue weighted by atomic mass is 10.1. The summed E-state index contributed by atoms with van der Waals surface area (Å²) in [7, 11) is 0. The van der Waals surface area contributed by atoms with E-state index in [0.717, 1.165) is 10.0 Å². The van der Waals surface area contributed by atoms with Gasteiger partial charge in [0.2, 0.25) is 0 Å². The number of benzene rings is 1. The predicted molar refractivity (Wildman–Crippen MR) is 69.4 cm³/mol. The number of aryl methyl sites for hydroxylation is 1. The molecule has 0 spiro atoms. The maximum atomic E-state index is 11.3. The van der Waals surface area contributed by atoms with Crippen molar-refractivity contribution in [3.05, 3.63) is 39.0 Å². The highest BCUT2D eigenvalue weighted by molar-refractivity contribution is 9.10. The Morgan fingerprint density at radius 1 is 1.38 bits per heavy atom. The number of fused-ring (bicyclic) bond motifs is 1. The molecular weight excluding hydrogens is 313 g/mol. The van der Waals surface area contributed by atoms with Crippen molar-refractivity contribution in [3.8, 4) is 0 Å². The van der Waals surface area contributed by atoms with E-state index in [1.165, 1.54) is 6.07 Å². The van der Waals surface area contributed by atoms with E-state index in [0.29, 0.717) is 16.5 Å². The lowest BCUT2D eigenvalue weighted by molar-refractivity contribution is 0.108. The number of carbonyl (C=O) groups excluding carboxylic acids is 1. The fraction of sp³-hybridized carbons (Fsp3) is 0.0909. The maximum Gasteiger partial charge on any atom is 0.253 e. The van der Waals surface area contributed by atoms with Crippen molar-refractivity contribution >= 4 is 55.3 Å². The zero-order valence-electron chi connectivity index (χ0n) is 8.22. The van der Waals surface area contributed by atoms with Crippen LogP contribution in [0, 0.1) is 6.92 Å². The van der Waals surface area contributed by atoms with Crippen LogP contribution in [0.1, 0.15) is 15.9 Å². The summed E-state index contributed by atoms with van der Waals surface area (Å²) in [5.74, 6) is 0. The molecule has 5 heteroatoms. The molecule has 0 fully saturated rings. The van der Waals surface area contributed by atoms with Crippen LogP contribution in [0.5, 0.6) is 0 Å². The van der Waals surface area contributed by atoms with Gasteiger partial charge in [0.25, 0.3) is 5.24 Å². The van der Waals surface area contributed by atoms with Gasteiger partial charge in [-0.3, -0.25) is 4.79 Å². The lowest BCUT2D eigenvalue weighted by Gasteiger charge is -2.06. The molecule has 2 nitrogen and oxygen atoms in total. The molecule has 0 aliphatic heterocycles. The van der Waals surface area contributed by atoms with Crippen molar-refractivity contribution in [3.63, 3.8) is 0 Å². The Morgan fingerprint density at radius 3 is 2.69 bits per heavy atom. The number of carbonyl (C=O) groups is 1. The van der Waals surface area contributed by atoms with Gasteiger partial charge in [-0.1, -0.05) is 11.6 Å². The van der Waals surface area contributed by atoms with E-state index < -0.39 is 5.24 Å². The van der Waals surface area contributed by atoms with Crippen LogP contribution in [0.2, 0.25) is 5.15 Å². The van der Waals surface area contributed by atoms with Crippen molar-refractivity contribution in [2.24, 2.45) is 0 Å². The molecule has 0 aliphatic rings. The van der Waals surface area contributed by atoms with Gasteiger partial charge in [0.05, 0.1) is 5.52 Å². The highest BCUT2D eigenvalue weighted by atomic mass is 79.9. The van der Waals surface area contributed by atoms with E-state index in [2.05, 4.69) is 20.9 Å². The molecule has 1 aromatic heterocycles. The fourth-order valence-corrected chi connectivity index (χ4v) is 2.57. The smallest absolute Gasteiger partial charge is 0.253 e. The zero-order valence-corrected chi connectivity index (χ0v) is 11.3. The topological polar surface area (TPSA) is 30.0 Å². The fourth-order valence-electron chi connectivity index (χ4n) is 1.55. The van der Waals surface area contributed by atoms with Gasteiger partial charge in [-0.15, -0.1) is 0 Å². The molecule has 0 saturated heterocycles. The minimum atomic E-state index is -0.535. The normalized spacial score (nSPS) is 10.8. The molecule has 0 bridgehead atoms. The second-order valence-corrected chi connectivity index (χ2v) is 4.99. The molecule has 0 radical (unpaired) electrons. The minimum absolute atomic E-state index is 0.251. The van der Waals surface area contributed by atoms with Gasteiger partial charge in [0.15, 0.2) is 0 Å². The first-order chi connectivity index (χ1) is 7.49. The largest absolute Gasteiger partial charge is 0.276 e. The van der Waals surface area contributed by atoms with Crippen LogP contribution in [0.4, 0.5) is 0 Å². The molecular formula is C11H6BrCl2NO. The molecule has 0 saturated carbocycles. The van der Waals surface area contributed by atoms with Crippen molar-refractivity contribution in [2.75, 3.05) is 0 Å². The second kappa shape index (κ2) is 4.32. The lowest BCUT2D eigenvalue weighted by Crippen LogP contribution is -1.95. The molecule has 16 heavy (non-hydrogen) atoms. The summed E-state index contributed by atoms with van der Waals surface area (Å²) in [6.45, 7) is 1.93. The Balaban J connectivity index is 2.95. The van der Waals surface area contributed by atoms with Crippen LogP contribution in [-0.4, -0.2) is 10.2 Å². The standard InChI is InChI=1S/C11H6BrCl2NO/c1-5-2-6-7(11(14)16)4-9(13)15-10(6)8(12)3-5/h2-4H,1H3. The second-order valence-electron chi connectivity index (χ2n) is 3.41. The minimum Gasteiger partial charge on any atom is -0.276 e. The summed E-state index contributed by atoms with van der Waals surface area (Å²) in [5.41, 5.74) is 2.03. The van der Waals surface area contributed by atoms with Crippen LogP contribution in [0.15, 0.2) is 22.7 Å². The first-order valence-electron chi connectivity index (χ1n) is 4.45. The zero-order chi connectivity index (χ0) is 11.9. The van der Waals surface area contributed by atoms with Crippen LogP contribution < -0.4 is 0 Å². The molecule has 0 amide bonds. The first-order valence-corrected chi connectivity index (χ1v) is 6.00. The summed E-state index contributed by atoms with van der Waals surface area (Å²) in [5, 5.41) is 0.420. The Morgan fingerprint density at radius 2 is 2.06 bits per heavy atom. The monoisotopic (exact) mass is 317 g/mol. The van der Waals surface area contributed by atoms with E-state index in [1.54, 1.807) is 0 Å². The molecule has 82 valence electrons. The third-order valence-electron chi connectivity index (χ3n) is 2.19. The molecule has 1 aromatic carbocycles. The first kappa shape index (κ1) is 11.8. The molecule has 0 atom stereocenters. The quantitative estimate of drug-likeness (QED) is 0.578. The molecule has 1 heterocycles. The third-order valence-corrected chi connectivity index (χ3v) is 3.19. The number of hydrogen-bond acceptors (Lipinski definition) is 2. The number of pyridine rings is 1. The number of nitrogens with zero attached hydrogens (tertiary/aromatic N) is 1. The SMILES string of the molecule is Cc1cc(Br)c2nc(Cl)cc(C(=O)Cl)c2c1. The Kier molecular flexibility index (Phi) is 3.19. The van der Waals surface area contributed by atoms with Crippen LogP contribution in [0.25, 0.3) is 10.9 Å². The maximum absolute atomic E-state index is 11.3. The van der Waals surface area contributed by atoms with E-state index in [4.69, 9.17) is 23.2 Å². The number of halogens is 3. The molecule has 0 aliphatic carbocycles. The van der Waals surface area contributed by atoms with Crippen molar-refractivity contribution in [1.29, 1.82) is 0 Å². The predicted octanol–water partition coefficient (Wildman–Crippen LogP) is 4.34. The molecule has 2 rings (SSSR count). The van der Waals surface area contributed by atoms with Crippen molar-refractivity contribution < 1.29 is 4.79 Å². The van der Waals surface area contributed by atoms with Gasteiger partial charge in [0.1, 0.15) is 5.15 Å². The number of rotatable bonds is 1. The van der Waals surface area contributed by atoms with Gasteiger partial charge in [-0.2, -0.15) is 0 Å². The Bertz CT molecular complexity index is 598. The third kappa shape index (κ3) is 2.08. The van der Waals surface area contributed by atoms with Crippen molar-refractivity contribution in [1.82, 2.24) is 4.98 Å². The average Bonchev–Trinajstić information content (AvgIpc) is 2.18. The van der Waals surface area contributed by atoms with Crippen LogP contribution >= 0.6 is 39.1 Å². The van der Waals surface area contributed by atoms with E-state index in [1.807, 2.05) is 19.1 Å². The van der Waals surface area contributed by atoms with Gasteiger partial charge in [0, 0.05) is 15.4 Å². The summed E-state index contributed by atoms with van der Waals surface area (Å²) >= 11 is 14.7. The summed E-state index contributed by atoms with van der Waals surface area (Å²) in [4.78, 5) is 15.5. The highest BCUT2D eigenvalue weighted by Gasteiger charge is 2.12. The van der Waals surface area contributed by atoms with Crippen LogP contribution in [-0.2, 0) is 0 Å². The van der Waals surface area contributed by atoms with Gasteiger partial charge in [-0.25, -0.2) is 4.98 Å². The van der Waals surface area contributed by atoms with E-state index >= 15 is 0 Å². The molecule has 0 N–H and O–H groups in total. The van der Waals surface area contributed by atoms with Crippen LogP contribution in [0.3, 0.4) is 0 Å². The Hall–Kier alpha value is -0.640. The molecule has 2 aromatic rings. The van der Waals surface area contributed by atoms with Gasteiger partial charge in [-0.05, 0) is 58.2 Å². The highest BCUT2D eigenvalue weighted by Crippen LogP contribution is 2.29.